The minimum Gasteiger partial charge on any atom is -0.305 e. The first kappa shape index (κ1) is 20.3. The summed E-state index contributed by atoms with van der Waals surface area (Å²) in [4.78, 5) is 30.1. The van der Waals surface area contributed by atoms with Crippen LogP contribution < -0.4 is 11.2 Å². The van der Waals surface area contributed by atoms with Crippen LogP contribution in [0.3, 0.4) is 0 Å². The molecule has 0 spiro atoms. The van der Waals surface area contributed by atoms with Crippen LogP contribution in [0.5, 0.6) is 0 Å². The highest BCUT2D eigenvalue weighted by atomic mass is 35.5. The van der Waals surface area contributed by atoms with Crippen LogP contribution in [0.1, 0.15) is 18.1 Å². The van der Waals surface area contributed by atoms with Gasteiger partial charge in [0.1, 0.15) is 0 Å². The lowest BCUT2D eigenvalue weighted by atomic mass is 10.1. The Morgan fingerprint density at radius 2 is 1.56 bits per heavy atom. The number of imidazole rings is 2. The molecule has 0 saturated carbocycles. The van der Waals surface area contributed by atoms with Gasteiger partial charge in [0, 0.05) is 25.3 Å². The highest BCUT2D eigenvalue weighted by molar-refractivity contribution is 6.30. The lowest BCUT2D eigenvalue weighted by molar-refractivity contribution is 0.707. The number of nitrogens with zero attached hydrogens (tertiary/aromatic N) is 5. The Morgan fingerprint density at radius 1 is 0.906 bits per heavy atom. The van der Waals surface area contributed by atoms with E-state index in [-0.39, 0.29) is 5.56 Å². The Kier molecular flexibility index (Phi) is 4.78. The third-order valence-electron chi connectivity index (χ3n) is 5.97. The van der Waals surface area contributed by atoms with Gasteiger partial charge in [-0.15, -0.1) is 0 Å². The highest BCUT2D eigenvalue weighted by Gasteiger charge is 2.21. The monoisotopic (exact) mass is 447 g/mol. The van der Waals surface area contributed by atoms with E-state index in [4.69, 9.17) is 16.6 Å². The van der Waals surface area contributed by atoms with Crippen molar-refractivity contribution in [3.63, 3.8) is 0 Å². The molecule has 5 rings (SSSR count). The van der Waals surface area contributed by atoms with E-state index >= 15 is 0 Å². The predicted molar refractivity (Wildman–Crippen MR) is 127 cm³/mol. The van der Waals surface area contributed by atoms with Crippen LogP contribution in [-0.2, 0) is 27.1 Å². The Balaban J connectivity index is 1.82. The third-order valence-corrected chi connectivity index (χ3v) is 6.22. The smallest absolute Gasteiger partial charge is 0.305 e. The number of aryl methyl sites for hydroxylation is 2. The van der Waals surface area contributed by atoms with Gasteiger partial charge in [-0.25, -0.2) is 4.79 Å². The van der Waals surface area contributed by atoms with E-state index in [9.17, 15) is 9.59 Å². The number of rotatable bonds is 4. The van der Waals surface area contributed by atoms with Gasteiger partial charge in [-0.2, -0.15) is 4.98 Å². The van der Waals surface area contributed by atoms with Gasteiger partial charge in [0.05, 0.1) is 12.2 Å². The number of benzene rings is 2. The van der Waals surface area contributed by atoms with Gasteiger partial charge >= 0.3 is 5.69 Å². The standard InChI is InChI=1S/C24H22ClN5O2/c1-4-15-5-9-17(10-6-15)19-14-30-20-21(27(2)24(32)28(3)22(20)31)26-23(30)29(19)13-16-7-11-18(25)12-8-16/h5-12,14H,4,13H2,1-3H3. The van der Waals surface area contributed by atoms with Crippen molar-refractivity contribution >= 4 is 28.5 Å². The summed E-state index contributed by atoms with van der Waals surface area (Å²) < 4.78 is 6.37. The molecule has 32 heavy (non-hydrogen) atoms. The molecule has 5 aromatic rings. The van der Waals surface area contributed by atoms with Gasteiger partial charge in [-0.05, 0) is 35.2 Å². The largest absolute Gasteiger partial charge is 0.332 e. The van der Waals surface area contributed by atoms with E-state index in [2.05, 4.69) is 35.8 Å². The van der Waals surface area contributed by atoms with E-state index in [1.54, 1.807) is 11.4 Å². The topological polar surface area (TPSA) is 66.2 Å². The number of halogens is 1. The van der Waals surface area contributed by atoms with Crippen LogP contribution in [0.2, 0.25) is 5.02 Å². The highest BCUT2D eigenvalue weighted by Crippen LogP contribution is 2.27. The van der Waals surface area contributed by atoms with Crippen LogP contribution >= 0.6 is 11.6 Å². The minimum atomic E-state index is -0.400. The van der Waals surface area contributed by atoms with Crippen molar-refractivity contribution in [2.45, 2.75) is 19.9 Å². The summed E-state index contributed by atoms with van der Waals surface area (Å²) in [5.74, 6) is 0.600. The summed E-state index contributed by atoms with van der Waals surface area (Å²) in [6, 6.07) is 16.0. The average molecular weight is 448 g/mol. The summed E-state index contributed by atoms with van der Waals surface area (Å²) >= 11 is 6.07. The molecule has 0 amide bonds. The molecule has 162 valence electrons. The fraction of sp³-hybridized carbons (Fsp3) is 0.208. The molecule has 0 aliphatic carbocycles. The maximum absolute atomic E-state index is 13.0. The molecule has 0 aliphatic rings. The van der Waals surface area contributed by atoms with E-state index in [0.717, 1.165) is 27.8 Å². The molecule has 3 aromatic heterocycles. The fourth-order valence-electron chi connectivity index (χ4n) is 4.09. The average Bonchev–Trinajstić information content (AvgIpc) is 3.35. The summed E-state index contributed by atoms with van der Waals surface area (Å²) in [6.07, 6.45) is 2.89. The molecule has 2 aromatic carbocycles. The number of aromatic nitrogens is 5. The van der Waals surface area contributed by atoms with Crippen molar-refractivity contribution in [2.75, 3.05) is 0 Å². The minimum absolute atomic E-state index is 0.367. The molecule has 0 radical (unpaired) electrons. The van der Waals surface area contributed by atoms with Gasteiger partial charge in [-0.1, -0.05) is 54.9 Å². The van der Waals surface area contributed by atoms with Crippen molar-refractivity contribution in [3.8, 4) is 11.3 Å². The molecule has 7 nitrogen and oxygen atoms in total. The van der Waals surface area contributed by atoms with Gasteiger partial charge in [0.15, 0.2) is 11.2 Å². The third kappa shape index (κ3) is 3.08. The van der Waals surface area contributed by atoms with Crippen LogP contribution in [0.4, 0.5) is 0 Å². The molecule has 0 aliphatic heterocycles. The lowest BCUT2D eigenvalue weighted by Crippen LogP contribution is -2.37. The molecule has 0 bridgehead atoms. The number of fused-ring (bicyclic) bond motifs is 3. The zero-order valence-corrected chi connectivity index (χ0v) is 18.8. The predicted octanol–water partition coefficient (Wildman–Crippen LogP) is 3.62. The second-order valence-corrected chi connectivity index (χ2v) is 8.37. The van der Waals surface area contributed by atoms with Crippen molar-refractivity contribution in [2.24, 2.45) is 14.1 Å². The molecule has 0 unspecified atom stereocenters. The summed E-state index contributed by atoms with van der Waals surface area (Å²) in [5.41, 5.74) is 4.24. The van der Waals surface area contributed by atoms with Gasteiger partial charge < -0.3 is 4.57 Å². The maximum atomic E-state index is 13.0. The SMILES string of the molecule is CCc1ccc(-c2cn3c4c(=O)n(C)c(=O)n(C)c4nc3n2Cc2ccc(Cl)cc2)cc1. The van der Waals surface area contributed by atoms with E-state index in [0.29, 0.717) is 28.5 Å². The molecule has 8 heteroatoms. The first-order valence-corrected chi connectivity index (χ1v) is 10.8. The van der Waals surface area contributed by atoms with E-state index in [1.807, 2.05) is 30.5 Å². The molecule has 0 saturated heterocycles. The molecule has 0 fully saturated rings. The van der Waals surface area contributed by atoms with Crippen molar-refractivity contribution < 1.29 is 0 Å². The zero-order valence-electron chi connectivity index (χ0n) is 18.0. The molecular formula is C24H22ClN5O2. The summed E-state index contributed by atoms with van der Waals surface area (Å²) in [5, 5.41) is 0.673. The van der Waals surface area contributed by atoms with Gasteiger partial charge in [0.25, 0.3) is 5.56 Å². The van der Waals surface area contributed by atoms with E-state index in [1.165, 1.54) is 17.2 Å². The van der Waals surface area contributed by atoms with Crippen LogP contribution in [0.25, 0.3) is 28.2 Å². The number of hydrogen-bond donors (Lipinski definition) is 0. The van der Waals surface area contributed by atoms with Crippen LogP contribution in [0, 0.1) is 0 Å². The maximum Gasteiger partial charge on any atom is 0.332 e. The fourth-order valence-corrected chi connectivity index (χ4v) is 4.21. The normalized spacial score (nSPS) is 11.6. The Hall–Kier alpha value is -3.58. The van der Waals surface area contributed by atoms with Gasteiger partial charge in [0.2, 0.25) is 5.78 Å². The van der Waals surface area contributed by atoms with E-state index < -0.39 is 5.69 Å². The molecule has 0 atom stereocenters. The summed E-state index contributed by atoms with van der Waals surface area (Å²) in [6.45, 7) is 2.66. The second-order valence-electron chi connectivity index (χ2n) is 7.94. The first-order chi connectivity index (χ1) is 15.4. The molecule has 3 heterocycles. The van der Waals surface area contributed by atoms with Crippen molar-refractivity contribution in [1.82, 2.24) is 23.1 Å². The zero-order chi connectivity index (χ0) is 22.6. The summed E-state index contributed by atoms with van der Waals surface area (Å²) in [7, 11) is 3.11. The van der Waals surface area contributed by atoms with Gasteiger partial charge in [-0.3, -0.25) is 18.3 Å². The lowest BCUT2D eigenvalue weighted by Gasteiger charge is -2.10. The second kappa shape index (κ2) is 7.53. The first-order valence-electron chi connectivity index (χ1n) is 10.4. The Labute approximate surface area is 188 Å². The Bertz CT molecular complexity index is 1590. The van der Waals surface area contributed by atoms with Crippen LogP contribution in [0.15, 0.2) is 64.3 Å². The molecule has 0 N–H and O–H groups in total. The van der Waals surface area contributed by atoms with Crippen LogP contribution in [-0.4, -0.2) is 23.1 Å². The quantitative estimate of drug-likeness (QED) is 0.422. The molecular weight excluding hydrogens is 426 g/mol. The number of hydrogen-bond acceptors (Lipinski definition) is 3. The van der Waals surface area contributed by atoms with Crippen molar-refractivity contribution in [1.29, 1.82) is 0 Å². The van der Waals surface area contributed by atoms with Crippen molar-refractivity contribution in [3.05, 3.63) is 91.7 Å². The Morgan fingerprint density at radius 3 is 2.22 bits per heavy atom.